The third kappa shape index (κ3) is 5.80. The lowest BCUT2D eigenvalue weighted by Crippen LogP contribution is -2.48. The third-order valence-electron chi connectivity index (χ3n) is 5.37. The molecule has 0 saturated heterocycles. The Morgan fingerprint density at radius 3 is 2.43 bits per heavy atom. The molecule has 0 radical (unpaired) electrons. The molecule has 3 aromatic rings. The Bertz CT molecular complexity index is 1250. The van der Waals surface area contributed by atoms with Crippen molar-refractivity contribution in [3.8, 4) is 5.88 Å². The molecule has 35 heavy (non-hydrogen) atoms. The van der Waals surface area contributed by atoms with E-state index in [1.54, 1.807) is 6.07 Å². The van der Waals surface area contributed by atoms with E-state index in [9.17, 15) is 27.9 Å². The van der Waals surface area contributed by atoms with Gasteiger partial charge in [0.15, 0.2) is 0 Å². The van der Waals surface area contributed by atoms with Crippen LogP contribution in [0.5, 0.6) is 5.88 Å². The number of pyridine rings is 2. The van der Waals surface area contributed by atoms with E-state index in [1.165, 1.54) is 42.7 Å². The van der Waals surface area contributed by atoms with Gasteiger partial charge in [0.2, 0.25) is 11.8 Å². The number of hydrogen-bond donors (Lipinski definition) is 4. The SMILES string of the molecule is O=C(NC1(C(=O)NCc2ccc(Nc3ccc(Cl)cc3C(F)(F)F)cn2)CC1)c1ccc(O)nc1. The fourth-order valence-electron chi connectivity index (χ4n) is 3.30. The molecule has 4 N–H and O–H groups in total. The molecule has 2 amide bonds. The average molecular weight is 506 g/mol. The second kappa shape index (κ2) is 9.41. The Hall–Kier alpha value is -3.86. The number of hydrogen-bond acceptors (Lipinski definition) is 6. The number of aromatic nitrogens is 2. The molecule has 1 aliphatic rings. The van der Waals surface area contributed by atoms with Crippen molar-refractivity contribution in [1.82, 2.24) is 20.6 Å². The van der Waals surface area contributed by atoms with E-state index < -0.39 is 23.2 Å². The van der Waals surface area contributed by atoms with Crippen LogP contribution in [0, 0.1) is 0 Å². The van der Waals surface area contributed by atoms with Gasteiger partial charge in [0.05, 0.1) is 40.9 Å². The molecule has 2 heterocycles. The van der Waals surface area contributed by atoms with Crippen LogP contribution >= 0.6 is 11.6 Å². The maximum Gasteiger partial charge on any atom is 0.418 e. The van der Waals surface area contributed by atoms with Crippen LogP contribution in [0.15, 0.2) is 54.9 Å². The lowest BCUT2D eigenvalue weighted by atomic mass is 10.1. The van der Waals surface area contributed by atoms with Crippen molar-refractivity contribution in [1.29, 1.82) is 0 Å². The summed E-state index contributed by atoms with van der Waals surface area (Å²) in [5, 5.41) is 17.3. The summed E-state index contributed by atoms with van der Waals surface area (Å²) in [6, 6.07) is 9.19. The van der Waals surface area contributed by atoms with E-state index in [2.05, 4.69) is 25.9 Å². The van der Waals surface area contributed by atoms with Crippen molar-refractivity contribution in [2.75, 3.05) is 5.32 Å². The predicted octanol–water partition coefficient (Wildman–Crippen LogP) is 4.18. The van der Waals surface area contributed by atoms with Gasteiger partial charge in [-0.3, -0.25) is 14.6 Å². The molecule has 1 fully saturated rings. The van der Waals surface area contributed by atoms with Gasteiger partial charge in [-0.2, -0.15) is 13.2 Å². The van der Waals surface area contributed by atoms with Gasteiger partial charge in [-0.05, 0) is 49.2 Å². The Labute approximate surface area is 202 Å². The van der Waals surface area contributed by atoms with Crippen LogP contribution in [-0.4, -0.2) is 32.4 Å². The summed E-state index contributed by atoms with van der Waals surface area (Å²) in [6.07, 6.45) is -1.09. The summed E-state index contributed by atoms with van der Waals surface area (Å²) in [5.41, 5.74) is -1.09. The Morgan fingerprint density at radius 2 is 1.83 bits per heavy atom. The maximum absolute atomic E-state index is 13.3. The molecule has 0 aliphatic heterocycles. The molecule has 1 saturated carbocycles. The molecule has 0 atom stereocenters. The highest BCUT2D eigenvalue weighted by Gasteiger charge is 2.51. The van der Waals surface area contributed by atoms with E-state index in [1.807, 2.05) is 0 Å². The molecule has 1 aromatic carbocycles. The van der Waals surface area contributed by atoms with Gasteiger partial charge in [0, 0.05) is 17.3 Å². The first kappa shape index (κ1) is 24.3. The average Bonchev–Trinajstić information content (AvgIpc) is 3.60. The number of anilines is 2. The van der Waals surface area contributed by atoms with E-state index in [0.29, 0.717) is 24.2 Å². The van der Waals surface area contributed by atoms with Crippen molar-refractivity contribution in [2.45, 2.75) is 31.1 Å². The van der Waals surface area contributed by atoms with Gasteiger partial charge in [0.1, 0.15) is 5.54 Å². The smallest absolute Gasteiger partial charge is 0.418 e. The molecule has 0 bridgehead atoms. The van der Waals surface area contributed by atoms with Crippen LogP contribution in [0.1, 0.15) is 34.5 Å². The second-order valence-electron chi connectivity index (χ2n) is 7.97. The quantitative estimate of drug-likeness (QED) is 0.383. The van der Waals surface area contributed by atoms with E-state index in [4.69, 9.17) is 11.6 Å². The Kier molecular flexibility index (Phi) is 6.53. The number of nitrogens with zero attached hydrogens (tertiary/aromatic N) is 2. The number of carbonyl (C=O) groups excluding carboxylic acids is 2. The summed E-state index contributed by atoms with van der Waals surface area (Å²) in [5.74, 6) is -1.08. The predicted molar refractivity (Wildman–Crippen MR) is 121 cm³/mol. The summed E-state index contributed by atoms with van der Waals surface area (Å²) in [6.45, 7) is 0.0618. The van der Waals surface area contributed by atoms with Gasteiger partial charge in [0.25, 0.3) is 5.91 Å². The second-order valence-corrected chi connectivity index (χ2v) is 8.41. The first-order valence-corrected chi connectivity index (χ1v) is 10.8. The zero-order chi connectivity index (χ0) is 25.2. The van der Waals surface area contributed by atoms with Crippen molar-refractivity contribution in [3.63, 3.8) is 0 Å². The molecule has 12 heteroatoms. The Morgan fingerprint density at radius 1 is 1.06 bits per heavy atom. The molecule has 8 nitrogen and oxygen atoms in total. The number of carbonyl (C=O) groups is 2. The minimum absolute atomic E-state index is 0.0311. The van der Waals surface area contributed by atoms with E-state index in [0.717, 1.165) is 6.07 Å². The number of amides is 2. The van der Waals surface area contributed by atoms with Crippen molar-refractivity contribution in [3.05, 3.63) is 76.7 Å². The topological polar surface area (TPSA) is 116 Å². The summed E-state index contributed by atoms with van der Waals surface area (Å²) < 4.78 is 39.8. The van der Waals surface area contributed by atoms with Gasteiger partial charge >= 0.3 is 6.18 Å². The zero-order valence-electron chi connectivity index (χ0n) is 18.0. The van der Waals surface area contributed by atoms with E-state index >= 15 is 0 Å². The number of alkyl halides is 3. The van der Waals surface area contributed by atoms with Crippen molar-refractivity contribution in [2.24, 2.45) is 0 Å². The summed E-state index contributed by atoms with van der Waals surface area (Å²) >= 11 is 5.70. The van der Waals surface area contributed by atoms with Crippen molar-refractivity contribution < 1.29 is 27.9 Å². The van der Waals surface area contributed by atoms with Gasteiger partial charge in [-0.25, -0.2) is 4.98 Å². The lowest BCUT2D eigenvalue weighted by molar-refractivity contribution is -0.137. The van der Waals surface area contributed by atoms with E-state index in [-0.39, 0.29) is 34.6 Å². The number of benzene rings is 1. The van der Waals surface area contributed by atoms with Crippen LogP contribution < -0.4 is 16.0 Å². The van der Waals surface area contributed by atoms with Gasteiger partial charge in [-0.15, -0.1) is 0 Å². The molecule has 182 valence electrons. The molecule has 1 aliphatic carbocycles. The maximum atomic E-state index is 13.3. The lowest BCUT2D eigenvalue weighted by Gasteiger charge is -2.17. The van der Waals surface area contributed by atoms with Crippen LogP contribution in [0.4, 0.5) is 24.5 Å². The standard InChI is InChI=1S/C23H19ClF3N5O3/c24-14-2-5-18(17(9-14)23(25,26)27)31-16-4-3-15(28-12-16)11-30-21(35)22(7-8-22)32-20(34)13-1-6-19(33)29-10-13/h1-6,9-10,12,31H,7-8,11H2,(H,29,33)(H,30,35)(H,32,34). The van der Waals surface area contributed by atoms with Crippen molar-refractivity contribution >= 4 is 34.8 Å². The van der Waals surface area contributed by atoms with Crippen LogP contribution in [0.2, 0.25) is 5.02 Å². The molecule has 0 unspecified atom stereocenters. The summed E-state index contributed by atoms with van der Waals surface area (Å²) in [7, 11) is 0. The Balaban J connectivity index is 1.34. The number of halogens is 4. The highest BCUT2D eigenvalue weighted by molar-refractivity contribution is 6.30. The fourth-order valence-corrected chi connectivity index (χ4v) is 3.47. The molecule has 0 spiro atoms. The number of aromatic hydroxyl groups is 1. The molecule has 2 aromatic heterocycles. The normalized spacial score (nSPS) is 14.2. The first-order chi connectivity index (χ1) is 16.6. The van der Waals surface area contributed by atoms with Crippen LogP contribution in [-0.2, 0) is 17.5 Å². The minimum atomic E-state index is -4.59. The molecular weight excluding hydrogens is 487 g/mol. The first-order valence-electron chi connectivity index (χ1n) is 10.4. The highest BCUT2D eigenvalue weighted by atomic mass is 35.5. The fraction of sp³-hybridized carbons (Fsp3) is 0.217. The monoisotopic (exact) mass is 505 g/mol. The number of rotatable bonds is 7. The highest BCUT2D eigenvalue weighted by Crippen LogP contribution is 2.38. The molecular formula is C23H19ClF3N5O3. The number of nitrogens with one attached hydrogen (secondary N) is 3. The minimum Gasteiger partial charge on any atom is -0.493 e. The van der Waals surface area contributed by atoms with Crippen LogP contribution in [0.3, 0.4) is 0 Å². The summed E-state index contributed by atoms with van der Waals surface area (Å²) in [4.78, 5) is 32.8. The largest absolute Gasteiger partial charge is 0.493 e. The van der Waals surface area contributed by atoms with Gasteiger partial charge in [-0.1, -0.05) is 11.6 Å². The third-order valence-corrected chi connectivity index (χ3v) is 5.60. The van der Waals surface area contributed by atoms with Crippen LogP contribution in [0.25, 0.3) is 0 Å². The van der Waals surface area contributed by atoms with Gasteiger partial charge < -0.3 is 21.1 Å². The zero-order valence-corrected chi connectivity index (χ0v) is 18.7. The molecule has 4 rings (SSSR count).